The molecule has 0 spiro atoms. The fraction of sp³-hybridized carbons (Fsp3) is 0.471. The van der Waals surface area contributed by atoms with Crippen LogP contribution in [0.25, 0.3) is 0 Å². The van der Waals surface area contributed by atoms with Crippen molar-refractivity contribution in [2.45, 2.75) is 31.5 Å². The van der Waals surface area contributed by atoms with Gasteiger partial charge in [0.1, 0.15) is 5.82 Å². The largest absolute Gasteiger partial charge is 0.362 e. The fourth-order valence-corrected chi connectivity index (χ4v) is 2.63. The Morgan fingerprint density at radius 2 is 1.81 bits per heavy atom. The number of benzene rings is 1. The Morgan fingerprint density at radius 1 is 1.19 bits per heavy atom. The molecule has 1 saturated heterocycles. The number of halogens is 1. The van der Waals surface area contributed by atoms with Crippen LogP contribution in [0.5, 0.6) is 0 Å². The number of piperidine rings is 1. The highest BCUT2D eigenvalue weighted by Gasteiger charge is 2.25. The van der Waals surface area contributed by atoms with Crippen LogP contribution in [0.4, 0.5) is 4.39 Å². The van der Waals surface area contributed by atoms with Gasteiger partial charge < -0.3 is 15.1 Å². The standard InChI is InChI=1S/C17H22FNO2/c1-2-14-8-12-19(13-9-14)11-3-10-17(20,21)15-4-6-16(18)7-5-15/h4-7,20-21H,1,3,8-13H2. The first kappa shape index (κ1) is 15.9. The average molecular weight is 291 g/mol. The van der Waals surface area contributed by atoms with E-state index in [4.69, 9.17) is 0 Å². The normalized spacial score (nSPS) is 16.8. The number of nitrogens with zero attached hydrogens (tertiary/aromatic N) is 1. The van der Waals surface area contributed by atoms with Crippen molar-refractivity contribution in [1.29, 1.82) is 0 Å². The molecule has 0 atom stereocenters. The Kier molecular flexibility index (Phi) is 5.32. The summed E-state index contributed by atoms with van der Waals surface area (Å²) in [5.41, 5.74) is 4.57. The molecule has 0 amide bonds. The van der Waals surface area contributed by atoms with Gasteiger partial charge in [-0.25, -0.2) is 4.39 Å². The van der Waals surface area contributed by atoms with E-state index < -0.39 is 5.79 Å². The van der Waals surface area contributed by atoms with E-state index in [2.05, 4.69) is 17.2 Å². The maximum atomic E-state index is 12.8. The van der Waals surface area contributed by atoms with Gasteiger partial charge in [-0.3, -0.25) is 0 Å². The first-order valence-electron chi connectivity index (χ1n) is 7.32. The van der Waals surface area contributed by atoms with E-state index >= 15 is 0 Å². The summed E-state index contributed by atoms with van der Waals surface area (Å²) in [5, 5.41) is 20.2. The lowest BCUT2D eigenvalue weighted by Gasteiger charge is -2.29. The summed E-state index contributed by atoms with van der Waals surface area (Å²) in [6, 6.07) is 5.31. The molecule has 1 aromatic rings. The molecule has 0 radical (unpaired) electrons. The summed E-state index contributed by atoms with van der Waals surface area (Å²) in [6.45, 7) is 6.44. The van der Waals surface area contributed by atoms with Gasteiger partial charge in [0.2, 0.25) is 0 Å². The van der Waals surface area contributed by atoms with E-state index in [1.165, 1.54) is 29.8 Å². The van der Waals surface area contributed by atoms with Gasteiger partial charge in [-0.05, 0) is 43.5 Å². The van der Waals surface area contributed by atoms with Gasteiger partial charge in [-0.2, -0.15) is 0 Å². The SMILES string of the molecule is C=C=C1CCN(CCCC(O)(O)c2ccc(F)cc2)CC1. The minimum absolute atomic E-state index is 0.235. The zero-order valence-electron chi connectivity index (χ0n) is 12.2. The van der Waals surface area contributed by atoms with Crippen LogP contribution in [0.2, 0.25) is 0 Å². The molecule has 1 heterocycles. The summed E-state index contributed by atoms with van der Waals surface area (Å²) < 4.78 is 12.8. The van der Waals surface area contributed by atoms with Crippen molar-refractivity contribution in [3.05, 3.63) is 53.5 Å². The molecule has 4 heteroatoms. The summed E-state index contributed by atoms with van der Waals surface area (Å²) in [5.74, 6) is -2.27. The molecule has 3 nitrogen and oxygen atoms in total. The van der Waals surface area contributed by atoms with E-state index in [0.717, 1.165) is 32.5 Å². The molecule has 0 saturated carbocycles. The molecule has 0 aromatic heterocycles. The lowest BCUT2D eigenvalue weighted by Crippen LogP contribution is -2.33. The molecule has 2 N–H and O–H groups in total. The van der Waals surface area contributed by atoms with Gasteiger partial charge in [0.05, 0.1) is 0 Å². The van der Waals surface area contributed by atoms with Crippen molar-refractivity contribution in [2.75, 3.05) is 19.6 Å². The Bertz CT molecular complexity index is 508. The Morgan fingerprint density at radius 3 is 2.38 bits per heavy atom. The highest BCUT2D eigenvalue weighted by Crippen LogP contribution is 2.24. The Balaban J connectivity index is 1.80. The summed E-state index contributed by atoms with van der Waals surface area (Å²) in [4.78, 5) is 2.31. The van der Waals surface area contributed by atoms with Gasteiger partial charge in [0.25, 0.3) is 0 Å². The zero-order chi connectivity index (χ0) is 15.3. The molecule has 1 fully saturated rings. The maximum Gasteiger partial charge on any atom is 0.189 e. The molecule has 21 heavy (non-hydrogen) atoms. The van der Waals surface area contributed by atoms with Gasteiger partial charge in [0, 0.05) is 25.1 Å². The molecule has 1 aliphatic heterocycles. The predicted octanol–water partition coefficient (Wildman–Crippen LogP) is 2.55. The van der Waals surface area contributed by atoms with Gasteiger partial charge >= 0.3 is 0 Å². The smallest absolute Gasteiger partial charge is 0.189 e. The molecule has 2 rings (SSSR count). The highest BCUT2D eigenvalue weighted by atomic mass is 19.1. The van der Waals surface area contributed by atoms with Crippen LogP contribution in [0.1, 0.15) is 31.2 Å². The lowest BCUT2D eigenvalue weighted by molar-refractivity contribution is -0.175. The van der Waals surface area contributed by atoms with E-state index in [1.54, 1.807) is 0 Å². The third-order valence-electron chi connectivity index (χ3n) is 4.02. The molecule has 0 aliphatic carbocycles. The second kappa shape index (κ2) is 7.01. The van der Waals surface area contributed by atoms with Crippen LogP contribution in [0.3, 0.4) is 0 Å². The van der Waals surface area contributed by atoms with Crippen molar-refractivity contribution in [3.8, 4) is 0 Å². The highest BCUT2D eigenvalue weighted by molar-refractivity contribution is 5.20. The first-order chi connectivity index (χ1) is 10.0. The van der Waals surface area contributed by atoms with Gasteiger partial charge in [-0.15, -0.1) is 5.73 Å². The van der Waals surface area contributed by atoms with Crippen LogP contribution < -0.4 is 0 Å². The molecule has 0 bridgehead atoms. The number of rotatable bonds is 5. The minimum atomic E-state index is -1.89. The van der Waals surface area contributed by atoms with Crippen molar-refractivity contribution in [2.24, 2.45) is 0 Å². The van der Waals surface area contributed by atoms with E-state index in [0.29, 0.717) is 12.0 Å². The van der Waals surface area contributed by atoms with Crippen molar-refractivity contribution < 1.29 is 14.6 Å². The van der Waals surface area contributed by atoms with Crippen LogP contribution in [-0.4, -0.2) is 34.7 Å². The van der Waals surface area contributed by atoms with E-state index in [-0.39, 0.29) is 12.2 Å². The molecule has 1 aliphatic rings. The van der Waals surface area contributed by atoms with E-state index in [1.807, 2.05) is 0 Å². The monoisotopic (exact) mass is 291 g/mol. The van der Waals surface area contributed by atoms with Crippen LogP contribution in [0.15, 0.2) is 42.1 Å². The molecule has 114 valence electrons. The van der Waals surface area contributed by atoms with Gasteiger partial charge in [0.15, 0.2) is 5.79 Å². The van der Waals surface area contributed by atoms with Crippen molar-refractivity contribution in [1.82, 2.24) is 4.90 Å². The second-order valence-electron chi connectivity index (χ2n) is 5.55. The van der Waals surface area contributed by atoms with E-state index in [9.17, 15) is 14.6 Å². The van der Waals surface area contributed by atoms with Gasteiger partial charge in [-0.1, -0.05) is 18.7 Å². The molecular formula is C17H22FNO2. The summed E-state index contributed by atoms with van der Waals surface area (Å²) in [6.07, 6.45) is 2.90. The van der Waals surface area contributed by atoms with Crippen LogP contribution >= 0.6 is 0 Å². The molecule has 0 unspecified atom stereocenters. The summed E-state index contributed by atoms with van der Waals surface area (Å²) in [7, 11) is 0. The minimum Gasteiger partial charge on any atom is -0.362 e. The molecular weight excluding hydrogens is 269 g/mol. The maximum absolute atomic E-state index is 12.8. The Labute approximate surface area is 125 Å². The number of hydrogen-bond donors (Lipinski definition) is 2. The quantitative estimate of drug-likeness (QED) is 0.647. The Hall–Kier alpha value is -1.45. The summed E-state index contributed by atoms with van der Waals surface area (Å²) >= 11 is 0. The zero-order valence-corrected chi connectivity index (χ0v) is 12.2. The topological polar surface area (TPSA) is 43.7 Å². The average Bonchev–Trinajstić information content (AvgIpc) is 2.48. The van der Waals surface area contributed by atoms with Crippen molar-refractivity contribution >= 4 is 0 Å². The third kappa shape index (κ3) is 4.51. The lowest BCUT2D eigenvalue weighted by atomic mass is 10.00. The van der Waals surface area contributed by atoms with Crippen molar-refractivity contribution in [3.63, 3.8) is 0 Å². The predicted molar refractivity (Wildman–Crippen MR) is 80.1 cm³/mol. The second-order valence-corrected chi connectivity index (χ2v) is 5.55. The number of aliphatic hydroxyl groups is 2. The fourth-order valence-electron chi connectivity index (χ4n) is 2.63. The number of hydrogen-bond acceptors (Lipinski definition) is 3. The number of likely N-dealkylation sites (tertiary alicyclic amines) is 1. The molecule has 1 aromatic carbocycles. The van der Waals surface area contributed by atoms with Crippen LogP contribution in [-0.2, 0) is 5.79 Å². The van der Waals surface area contributed by atoms with Crippen LogP contribution in [0, 0.1) is 5.82 Å². The third-order valence-corrected chi connectivity index (χ3v) is 4.02. The first-order valence-corrected chi connectivity index (χ1v) is 7.32.